The highest BCUT2D eigenvalue weighted by molar-refractivity contribution is 7.98. The molecule has 142 valence electrons. The third-order valence-corrected chi connectivity index (χ3v) is 6.01. The van der Waals surface area contributed by atoms with Crippen molar-refractivity contribution < 1.29 is 9.32 Å². The number of carbonyl (C=O) groups is 1. The molecule has 1 N–H and O–H groups in total. The highest BCUT2D eigenvalue weighted by atomic mass is 32.2. The Labute approximate surface area is 167 Å². The van der Waals surface area contributed by atoms with Crippen LogP contribution in [0.4, 0.5) is 0 Å². The molecular weight excluding hydrogens is 380 g/mol. The van der Waals surface area contributed by atoms with Gasteiger partial charge in [-0.3, -0.25) is 4.79 Å². The molecule has 0 spiro atoms. The number of carbonyl (C=O) groups excluding carboxylic acids is 1. The summed E-state index contributed by atoms with van der Waals surface area (Å²) in [5, 5.41) is 9.77. The number of nitrogens with one attached hydrogen (secondary N) is 1. The second kappa shape index (κ2) is 9.16. The van der Waals surface area contributed by atoms with Crippen LogP contribution in [0.15, 0.2) is 51.5 Å². The van der Waals surface area contributed by atoms with Crippen LogP contribution in [0.25, 0.3) is 0 Å². The number of thioether (sulfide) groups is 1. The van der Waals surface area contributed by atoms with Crippen LogP contribution in [0.5, 0.6) is 0 Å². The summed E-state index contributed by atoms with van der Waals surface area (Å²) < 4.78 is 5.09. The van der Waals surface area contributed by atoms with E-state index in [1.54, 1.807) is 29.7 Å². The molecule has 0 aliphatic heterocycles. The zero-order chi connectivity index (χ0) is 19.2. The predicted octanol–water partition coefficient (Wildman–Crippen LogP) is 3.76. The molecule has 6 nitrogen and oxygen atoms in total. The van der Waals surface area contributed by atoms with Crippen LogP contribution in [0.3, 0.4) is 0 Å². The Morgan fingerprint density at radius 2 is 2.22 bits per heavy atom. The lowest BCUT2D eigenvalue weighted by molar-refractivity contribution is 0.0938. The summed E-state index contributed by atoms with van der Waals surface area (Å²) in [6, 6.07) is 9.72. The van der Waals surface area contributed by atoms with E-state index >= 15 is 0 Å². The van der Waals surface area contributed by atoms with Gasteiger partial charge in [-0.2, -0.15) is 0 Å². The van der Waals surface area contributed by atoms with Crippen molar-refractivity contribution in [1.82, 2.24) is 20.4 Å². The number of pyridine rings is 1. The number of nitrogens with zero attached hydrogens (tertiary/aromatic N) is 3. The van der Waals surface area contributed by atoms with E-state index in [-0.39, 0.29) is 11.9 Å². The smallest absolute Gasteiger partial charge is 0.254 e. The highest BCUT2D eigenvalue weighted by Gasteiger charge is 2.19. The topological polar surface area (TPSA) is 71.3 Å². The minimum Gasteiger partial charge on any atom is -0.361 e. The molecule has 1 unspecified atom stereocenters. The summed E-state index contributed by atoms with van der Waals surface area (Å²) in [7, 11) is 4.03. The van der Waals surface area contributed by atoms with Gasteiger partial charge in [0.05, 0.1) is 17.3 Å². The number of aryl methyl sites for hydroxylation is 1. The van der Waals surface area contributed by atoms with Gasteiger partial charge in [0.2, 0.25) is 0 Å². The lowest BCUT2D eigenvalue weighted by Crippen LogP contribution is -2.34. The fourth-order valence-electron chi connectivity index (χ4n) is 2.61. The molecule has 8 heteroatoms. The molecular formula is C19H22N4O2S2. The largest absolute Gasteiger partial charge is 0.361 e. The van der Waals surface area contributed by atoms with Crippen LogP contribution in [0.2, 0.25) is 0 Å². The number of likely N-dealkylation sites (N-methyl/N-ethyl adjacent to an activating group) is 1. The van der Waals surface area contributed by atoms with Crippen molar-refractivity contribution in [3.63, 3.8) is 0 Å². The normalized spacial score (nSPS) is 12.3. The molecule has 0 saturated heterocycles. The van der Waals surface area contributed by atoms with E-state index in [1.807, 2.05) is 33.2 Å². The molecule has 27 heavy (non-hydrogen) atoms. The number of hydrogen-bond acceptors (Lipinski definition) is 7. The predicted molar refractivity (Wildman–Crippen MR) is 108 cm³/mol. The monoisotopic (exact) mass is 402 g/mol. The Balaban J connectivity index is 1.65. The van der Waals surface area contributed by atoms with Gasteiger partial charge in [0.15, 0.2) is 0 Å². The Bertz CT molecular complexity index is 877. The standard InChI is InChI=1S/C19H22N4O2S2/c1-13-10-14(22-25-13)12-27-19-15(6-4-8-20-19)18(24)21-11-16(23(2)3)17-7-5-9-26-17/h4-10,16H,11-12H2,1-3H3,(H,21,24). The average Bonchev–Trinajstić information content (AvgIpc) is 3.32. The Hall–Kier alpha value is -2.16. The summed E-state index contributed by atoms with van der Waals surface area (Å²) >= 11 is 3.17. The number of rotatable bonds is 8. The van der Waals surface area contributed by atoms with Crippen molar-refractivity contribution >= 4 is 29.0 Å². The molecule has 0 bridgehead atoms. The molecule has 0 radical (unpaired) electrons. The van der Waals surface area contributed by atoms with Crippen LogP contribution < -0.4 is 5.32 Å². The van der Waals surface area contributed by atoms with Gasteiger partial charge in [0.1, 0.15) is 10.8 Å². The van der Waals surface area contributed by atoms with Gasteiger partial charge in [-0.1, -0.05) is 23.0 Å². The van der Waals surface area contributed by atoms with E-state index in [0.717, 1.165) is 11.5 Å². The first-order valence-corrected chi connectivity index (χ1v) is 10.4. The minimum absolute atomic E-state index is 0.120. The van der Waals surface area contributed by atoms with E-state index < -0.39 is 0 Å². The van der Waals surface area contributed by atoms with Gasteiger partial charge in [0.25, 0.3) is 5.91 Å². The van der Waals surface area contributed by atoms with E-state index in [9.17, 15) is 4.79 Å². The lowest BCUT2D eigenvalue weighted by atomic mass is 10.2. The van der Waals surface area contributed by atoms with Crippen LogP contribution in [-0.4, -0.2) is 41.6 Å². The third-order valence-electron chi connectivity index (χ3n) is 4.00. The molecule has 1 atom stereocenters. The van der Waals surface area contributed by atoms with Gasteiger partial charge in [-0.05, 0) is 44.6 Å². The van der Waals surface area contributed by atoms with Crippen molar-refractivity contribution in [2.24, 2.45) is 0 Å². The van der Waals surface area contributed by atoms with Crippen molar-refractivity contribution in [2.75, 3.05) is 20.6 Å². The first-order chi connectivity index (χ1) is 13.0. The molecule has 3 aromatic rings. The fourth-order valence-corrected chi connectivity index (χ4v) is 4.40. The maximum atomic E-state index is 12.8. The molecule has 3 aromatic heterocycles. The fraction of sp³-hybridized carbons (Fsp3) is 0.316. The minimum atomic E-state index is -0.120. The van der Waals surface area contributed by atoms with E-state index in [1.165, 1.54) is 16.6 Å². The number of hydrogen-bond donors (Lipinski definition) is 1. The summed E-state index contributed by atoms with van der Waals surface area (Å²) in [6.45, 7) is 2.39. The highest BCUT2D eigenvalue weighted by Crippen LogP contribution is 2.25. The summed E-state index contributed by atoms with van der Waals surface area (Å²) in [4.78, 5) is 20.5. The SMILES string of the molecule is Cc1cc(CSc2ncccc2C(=O)NCC(c2cccs2)N(C)C)no1. The number of aromatic nitrogens is 2. The summed E-state index contributed by atoms with van der Waals surface area (Å²) in [6.07, 6.45) is 1.70. The molecule has 0 saturated carbocycles. The van der Waals surface area contributed by atoms with E-state index in [0.29, 0.717) is 22.9 Å². The average molecular weight is 403 g/mol. The maximum Gasteiger partial charge on any atom is 0.254 e. The summed E-state index contributed by atoms with van der Waals surface area (Å²) in [5.74, 6) is 1.25. The lowest BCUT2D eigenvalue weighted by Gasteiger charge is -2.23. The van der Waals surface area contributed by atoms with Crippen molar-refractivity contribution in [3.8, 4) is 0 Å². The molecule has 0 aliphatic carbocycles. The zero-order valence-electron chi connectivity index (χ0n) is 15.5. The van der Waals surface area contributed by atoms with Gasteiger partial charge < -0.3 is 14.7 Å². The molecule has 0 aromatic carbocycles. The summed E-state index contributed by atoms with van der Waals surface area (Å²) in [5.41, 5.74) is 1.41. The van der Waals surface area contributed by atoms with Crippen LogP contribution in [-0.2, 0) is 5.75 Å². The first kappa shape index (κ1) is 19.6. The van der Waals surface area contributed by atoms with Gasteiger partial charge in [0, 0.05) is 29.4 Å². The van der Waals surface area contributed by atoms with E-state index in [2.05, 4.69) is 31.8 Å². The van der Waals surface area contributed by atoms with Crippen LogP contribution >= 0.6 is 23.1 Å². The maximum absolute atomic E-state index is 12.8. The second-order valence-corrected chi connectivity index (χ2v) is 8.22. The van der Waals surface area contributed by atoms with Crippen molar-refractivity contribution in [2.45, 2.75) is 23.7 Å². The third kappa shape index (κ3) is 5.18. The van der Waals surface area contributed by atoms with Crippen LogP contribution in [0, 0.1) is 6.92 Å². The quantitative estimate of drug-likeness (QED) is 0.579. The van der Waals surface area contributed by atoms with Gasteiger partial charge in [-0.15, -0.1) is 11.3 Å². The molecule has 0 fully saturated rings. The number of thiophene rings is 1. The first-order valence-electron chi connectivity index (χ1n) is 8.52. The Morgan fingerprint density at radius 1 is 1.37 bits per heavy atom. The Kier molecular flexibility index (Phi) is 6.65. The van der Waals surface area contributed by atoms with E-state index in [4.69, 9.17) is 4.52 Å². The number of amides is 1. The van der Waals surface area contributed by atoms with Crippen molar-refractivity contribution in [1.29, 1.82) is 0 Å². The molecule has 1 amide bonds. The van der Waals surface area contributed by atoms with Crippen LogP contribution in [0.1, 0.15) is 32.7 Å². The Morgan fingerprint density at radius 3 is 2.89 bits per heavy atom. The van der Waals surface area contributed by atoms with Gasteiger partial charge in [-0.25, -0.2) is 4.98 Å². The zero-order valence-corrected chi connectivity index (χ0v) is 17.1. The second-order valence-electron chi connectivity index (χ2n) is 6.28. The van der Waals surface area contributed by atoms with Gasteiger partial charge >= 0.3 is 0 Å². The molecule has 3 heterocycles. The molecule has 3 rings (SSSR count). The van der Waals surface area contributed by atoms with Crippen molar-refractivity contribution in [3.05, 3.63) is 63.8 Å². The molecule has 0 aliphatic rings.